The van der Waals surface area contributed by atoms with Crippen LogP contribution in [-0.2, 0) is 5.41 Å². The summed E-state index contributed by atoms with van der Waals surface area (Å²) >= 11 is 0. The molecule has 0 amide bonds. The molecule has 1 rings (SSSR count). The zero-order valence-electron chi connectivity index (χ0n) is 9.66. The molecule has 0 spiro atoms. The monoisotopic (exact) mass is 210 g/mol. The van der Waals surface area contributed by atoms with Crippen LogP contribution in [0.5, 0.6) is 11.5 Å². The number of aliphatic hydroxyl groups excluding tert-OH is 1. The van der Waals surface area contributed by atoms with Gasteiger partial charge in [0.2, 0.25) is 0 Å². The Balaban J connectivity index is 3.33. The molecule has 0 aliphatic rings. The van der Waals surface area contributed by atoms with Crippen molar-refractivity contribution in [1.82, 2.24) is 0 Å². The van der Waals surface area contributed by atoms with Crippen LogP contribution >= 0.6 is 0 Å². The van der Waals surface area contributed by atoms with Crippen LogP contribution in [-0.4, -0.2) is 17.0 Å². The minimum Gasteiger partial charge on any atom is -0.504 e. The van der Waals surface area contributed by atoms with E-state index in [-0.39, 0.29) is 11.2 Å². The number of hydrogen-bond donors (Lipinski definition) is 2. The highest BCUT2D eigenvalue weighted by molar-refractivity contribution is 5.51. The first-order valence-corrected chi connectivity index (χ1v) is 4.94. The summed E-state index contributed by atoms with van der Waals surface area (Å²) in [4.78, 5) is 0. The van der Waals surface area contributed by atoms with Gasteiger partial charge in [0.25, 0.3) is 0 Å². The summed E-state index contributed by atoms with van der Waals surface area (Å²) in [5, 5.41) is 18.5. The van der Waals surface area contributed by atoms with Gasteiger partial charge in [0.1, 0.15) is 0 Å². The number of aryl methyl sites for hydroxylation is 1. The van der Waals surface area contributed by atoms with Crippen LogP contribution in [0.2, 0.25) is 0 Å². The number of ether oxygens (including phenoxy) is 1. The second-order valence-electron chi connectivity index (χ2n) is 4.68. The minimum absolute atomic E-state index is 0.0778. The van der Waals surface area contributed by atoms with Crippen molar-refractivity contribution >= 4 is 0 Å². The van der Waals surface area contributed by atoms with Crippen molar-refractivity contribution in [1.29, 1.82) is 0 Å². The van der Waals surface area contributed by atoms with Gasteiger partial charge in [0.15, 0.2) is 18.3 Å². The largest absolute Gasteiger partial charge is 0.504 e. The molecule has 0 aliphatic heterocycles. The van der Waals surface area contributed by atoms with Gasteiger partial charge in [-0.2, -0.15) is 0 Å². The first-order chi connectivity index (χ1) is 6.86. The molecule has 15 heavy (non-hydrogen) atoms. The van der Waals surface area contributed by atoms with Crippen molar-refractivity contribution in [2.45, 2.75) is 33.1 Å². The van der Waals surface area contributed by atoms with E-state index >= 15 is 0 Å². The van der Waals surface area contributed by atoms with Gasteiger partial charge in [-0.25, -0.2) is 0 Å². The third-order valence-electron chi connectivity index (χ3n) is 2.23. The average molecular weight is 210 g/mol. The first kappa shape index (κ1) is 11.9. The lowest BCUT2D eigenvalue weighted by Crippen LogP contribution is -2.14. The third-order valence-corrected chi connectivity index (χ3v) is 2.23. The molecule has 3 nitrogen and oxygen atoms in total. The lowest BCUT2D eigenvalue weighted by Gasteiger charge is -2.23. The molecule has 3 heteroatoms. The topological polar surface area (TPSA) is 49.7 Å². The van der Waals surface area contributed by atoms with Gasteiger partial charge in [-0.05, 0) is 24.0 Å². The quantitative estimate of drug-likeness (QED) is 0.736. The predicted molar refractivity (Wildman–Crippen MR) is 59.3 cm³/mol. The Morgan fingerprint density at radius 2 is 1.87 bits per heavy atom. The zero-order chi connectivity index (χ0) is 11.6. The molecule has 0 atom stereocenters. The van der Waals surface area contributed by atoms with Crippen molar-refractivity contribution in [2.75, 3.05) is 6.79 Å². The van der Waals surface area contributed by atoms with E-state index in [2.05, 4.69) is 0 Å². The van der Waals surface area contributed by atoms with Gasteiger partial charge >= 0.3 is 0 Å². The van der Waals surface area contributed by atoms with Gasteiger partial charge < -0.3 is 14.9 Å². The molecular weight excluding hydrogens is 192 g/mol. The number of phenols is 1. The Labute approximate surface area is 90.3 Å². The summed E-state index contributed by atoms with van der Waals surface area (Å²) in [7, 11) is 0. The number of rotatable bonds is 2. The summed E-state index contributed by atoms with van der Waals surface area (Å²) in [6.45, 7) is 7.58. The predicted octanol–water partition coefficient (Wildman–Crippen LogP) is 2.33. The number of phenolic OH excluding ortho intramolecular Hbond substituents is 1. The van der Waals surface area contributed by atoms with Crippen molar-refractivity contribution in [3.63, 3.8) is 0 Å². The molecular formula is C12H18O3. The highest BCUT2D eigenvalue weighted by Gasteiger charge is 2.22. The molecule has 0 saturated carbocycles. The fraction of sp³-hybridized carbons (Fsp3) is 0.500. The Kier molecular flexibility index (Phi) is 3.25. The Hall–Kier alpha value is -1.22. The van der Waals surface area contributed by atoms with E-state index in [0.717, 1.165) is 11.1 Å². The highest BCUT2D eigenvalue weighted by atomic mass is 16.6. The van der Waals surface area contributed by atoms with Gasteiger partial charge in [0.05, 0.1) is 0 Å². The minimum atomic E-state index is -0.431. The van der Waals surface area contributed by atoms with Gasteiger partial charge in [0, 0.05) is 5.56 Å². The van der Waals surface area contributed by atoms with Crippen LogP contribution < -0.4 is 4.74 Å². The van der Waals surface area contributed by atoms with Crippen molar-refractivity contribution in [3.05, 3.63) is 23.3 Å². The van der Waals surface area contributed by atoms with Crippen molar-refractivity contribution in [3.8, 4) is 11.5 Å². The maximum atomic E-state index is 9.73. The SMILES string of the molecule is Cc1cc(O)c(OCO)c(C(C)(C)C)c1. The third kappa shape index (κ3) is 2.63. The summed E-state index contributed by atoms with van der Waals surface area (Å²) in [6, 6.07) is 3.59. The molecule has 0 aliphatic carbocycles. The van der Waals surface area contributed by atoms with Gasteiger partial charge in [-0.3, -0.25) is 0 Å². The number of aliphatic hydroxyl groups is 1. The second kappa shape index (κ2) is 4.11. The van der Waals surface area contributed by atoms with Crippen LogP contribution in [0.4, 0.5) is 0 Å². The van der Waals surface area contributed by atoms with Crippen LogP contribution in [0.15, 0.2) is 12.1 Å². The summed E-state index contributed by atoms with van der Waals surface area (Å²) in [5.41, 5.74) is 1.74. The molecule has 0 aromatic heterocycles. The summed E-state index contributed by atoms with van der Waals surface area (Å²) in [6.07, 6.45) is 0. The fourth-order valence-electron chi connectivity index (χ4n) is 1.53. The molecule has 84 valence electrons. The van der Waals surface area contributed by atoms with Crippen LogP contribution in [0.25, 0.3) is 0 Å². The van der Waals surface area contributed by atoms with E-state index in [4.69, 9.17) is 9.84 Å². The Bertz CT molecular complexity index is 351. The van der Waals surface area contributed by atoms with Crippen LogP contribution in [0.1, 0.15) is 31.9 Å². The molecule has 0 saturated heterocycles. The average Bonchev–Trinajstić information content (AvgIpc) is 2.07. The number of aromatic hydroxyl groups is 1. The van der Waals surface area contributed by atoms with Crippen LogP contribution in [0.3, 0.4) is 0 Å². The summed E-state index contributed by atoms with van der Waals surface area (Å²) < 4.78 is 5.05. The van der Waals surface area contributed by atoms with Crippen LogP contribution in [0, 0.1) is 6.92 Å². The molecule has 0 fully saturated rings. The van der Waals surface area contributed by atoms with E-state index in [9.17, 15) is 5.11 Å². The van der Waals surface area contributed by atoms with Crippen molar-refractivity contribution < 1.29 is 14.9 Å². The smallest absolute Gasteiger partial charge is 0.186 e. The highest BCUT2D eigenvalue weighted by Crippen LogP contribution is 2.38. The summed E-state index contributed by atoms with van der Waals surface area (Å²) in [5.74, 6) is 0.449. The molecule has 0 radical (unpaired) electrons. The molecule has 0 bridgehead atoms. The maximum absolute atomic E-state index is 9.73. The Morgan fingerprint density at radius 1 is 1.27 bits per heavy atom. The standard InChI is InChI=1S/C12H18O3/c1-8-5-9(12(2,3)4)11(15-7-13)10(14)6-8/h5-6,13-14H,7H2,1-4H3. The molecule has 2 N–H and O–H groups in total. The molecule has 1 aromatic rings. The van der Waals surface area contributed by atoms with Gasteiger partial charge in [-0.1, -0.05) is 26.8 Å². The normalized spacial score (nSPS) is 11.5. The van der Waals surface area contributed by atoms with E-state index < -0.39 is 6.79 Å². The zero-order valence-corrected chi connectivity index (χ0v) is 9.66. The molecule has 0 unspecified atom stereocenters. The maximum Gasteiger partial charge on any atom is 0.186 e. The van der Waals surface area contributed by atoms with E-state index in [0.29, 0.717) is 5.75 Å². The Morgan fingerprint density at radius 3 is 2.33 bits per heavy atom. The molecule has 0 heterocycles. The van der Waals surface area contributed by atoms with E-state index in [1.54, 1.807) is 6.07 Å². The van der Waals surface area contributed by atoms with E-state index in [1.165, 1.54) is 0 Å². The first-order valence-electron chi connectivity index (χ1n) is 4.94. The lowest BCUT2D eigenvalue weighted by molar-refractivity contribution is 0.0935. The number of hydrogen-bond acceptors (Lipinski definition) is 3. The number of benzene rings is 1. The fourth-order valence-corrected chi connectivity index (χ4v) is 1.53. The van der Waals surface area contributed by atoms with E-state index in [1.807, 2.05) is 33.8 Å². The molecule has 1 aromatic carbocycles. The van der Waals surface area contributed by atoms with Gasteiger partial charge in [-0.15, -0.1) is 0 Å². The lowest BCUT2D eigenvalue weighted by atomic mass is 9.85. The van der Waals surface area contributed by atoms with Crippen molar-refractivity contribution in [2.24, 2.45) is 0 Å². The second-order valence-corrected chi connectivity index (χ2v) is 4.68.